The van der Waals surface area contributed by atoms with Crippen LogP contribution >= 0.6 is 12.4 Å². The van der Waals surface area contributed by atoms with Gasteiger partial charge in [-0.2, -0.15) is 0 Å². The molecule has 1 aliphatic rings. The van der Waals surface area contributed by atoms with Gasteiger partial charge in [-0.15, -0.1) is 12.4 Å². The number of carbonyl (C=O) groups excluding carboxylic acids is 1. The number of nitrogens with zero attached hydrogens (tertiary/aromatic N) is 1. The zero-order valence-corrected chi connectivity index (χ0v) is 11.3. The molecule has 0 saturated carbocycles. The Morgan fingerprint density at radius 2 is 1.89 bits per heavy atom. The third kappa shape index (κ3) is 3.89. The summed E-state index contributed by atoms with van der Waals surface area (Å²) in [6.07, 6.45) is 0.346. The van der Waals surface area contributed by atoms with E-state index in [1.807, 2.05) is 12.1 Å². The molecule has 1 aromatic carbocycles. The highest BCUT2D eigenvalue weighted by molar-refractivity contribution is 5.85. The third-order valence-corrected chi connectivity index (χ3v) is 2.99. The first-order valence-corrected chi connectivity index (χ1v) is 5.91. The van der Waals surface area contributed by atoms with Crippen LogP contribution in [0.3, 0.4) is 0 Å². The maximum absolute atomic E-state index is 11.1. The molecule has 100 valence electrons. The minimum Gasteiger partial charge on any atom is -0.469 e. The molecule has 5 heteroatoms. The highest BCUT2D eigenvalue weighted by Gasteiger charge is 2.10. The number of carbonyl (C=O) groups is 1. The van der Waals surface area contributed by atoms with Crippen molar-refractivity contribution in [1.29, 1.82) is 0 Å². The van der Waals surface area contributed by atoms with E-state index in [4.69, 9.17) is 0 Å². The van der Waals surface area contributed by atoms with Crippen LogP contribution in [0.25, 0.3) is 0 Å². The fourth-order valence-corrected chi connectivity index (χ4v) is 1.99. The average Bonchev–Trinajstić information content (AvgIpc) is 2.40. The van der Waals surface area contributed by atoms with Crippen LogP contribution in [0.15, 0.2) is 24.3 Å². The first-order chi connectivity index (χ1) is 8.29. The predicted molar refractivity (Wildman–Crippen MR) is 74.5 cm³/mol. The van der Waals surface area contributed by atoms with E-state index in [9.17, 15) is 4.79 Å². The summed E-state index contributed by atoms with van der Waals surface area (Å²) in [5, 5.41) is 3.33. The van der Waals surface area contributed by atoms with Crippen molar-refractivity contribution in [3.8, 4) is 0 Å². The SMILES string of the molecule is COC(=O)Cc1ccc(N2CCNCC2)cc1.Cl. The quantitative estimate of drug-likeness (QED) is 0.839. The molecular weight excluding hydrogens is 252 g/mol. The third-order valence-electron chi connectivity index (χ3n) is 2.99. The summed E-state index contributed by atoms with van der Waals surface area (Å²) in [4.78, 5) is 13.5. The van der Waals surface area contributed by atoms with Crippen molar-refractivity contribution >= 4 is 24.1 Å². The van der Waals surface area contributed by atoms with Gasteiger partial charge in [0.05, 0.1) is 13.5 Å². The summed E-state index contributed by atoms with van der Waals surface area (Å²) in [6.45, 7) is 4.14. The lowest BCUT2D eigenvalue weighted by Crippen LogP contribution is -2.43. The molecule has 4 nitrogen and oxygen atoms in total. The largest absolute Gasteiger partial charge is 0.469 e. The maximum atomic E-state index is 11.1. The normalized spacial score (nSPS) is 14.8. The monoisotopic (exact) mass is 270 g/mol. The van der Waals surface area contributed by atoms with Gasteiger partial charge in [-0.1, -0.05) is 12.1 Å². The Hall–Kier alpha value is -1.26. The topological polar surface area (TPSA) is 41.6 Å². The van der Waals surface area contributed by atoms with Gasteiger partial charge < -0.3 is 15.0 Å². The van der Waals surface area contributed by atoms with Crippen molar-refractivity contribution in [3.63, 3.8) is 0 Å². The van der Waals surface area contributed by atoms with Gasteiger partial charge in [0, 0.05) is 31.9 Å². The molecule has 0 aromatic heterocycles. The van der Waals surface area contributed by atoms with Gasteiger partial charge >= 0.3 is 5.97 Å². The standard InChI is InChI=1S/C13H18N2O2.ClH/c1-17-13(16)10-11-2-4-12(5-3-11)15-8-6-14-7-9-15;/h2-5,14H,6-10H2,1H3;1H. The Bertz CT molecular complexity index is 375. The van der Waals surface area contributed by atoms with E-state index in [1.54, 1.807) is 0 Å². The van der Waals surface area contributed by atoms with Gasteiger partial charge in [0.25, 0.3) is 0 Å². The lowest BCUT2D eigenvalue weighted by molar-refractivity contribution is -0.139. The summed E-state index contributed by atoms with van der Waals surface area (Å²) in [7, 11) is 1.41. The van der Waals surface area contributed by atoms with Crippen molar-refractivity contribution in [2.45, 2.75) is 6.42 Å². The van der Waals surface area contributed by atoms with Gasteiger partial charge in [0.15, 0.2) is 0 Å². The number of halogens is 1. The second-order valence-corrected chi connectivity index (χ2v) is 4.16. The first kappa shape index (κ1) is 14.8. The molecule has 0 aliphatic carbocycles. The van der Waals surface area contributed by atoms with Crippen LogP contribution in [0.2, 0.25) is 0 Å². The van der Waals surface area contributed by atoms with E-state index >= 15 is 0 Å². The highest BCUT2D eigenvalue weighted by Crippen LogP contribution is 2.16. The maximum Gasteiger partial charge on any atom is 0.309 e. The molecule has 1 aromatic rings. The number of ether oxygens (including phenoxy) is 1. The van der Waals surface area contributed by atoms with E-state index in [0.29, 0.717) is 6.42 Å². The number of methoxy groups -OCH3 is 1. The summed E-state index contributed by atoms with van der Waals surface area (Å²) in [5.74, 6) is -0.195. The van der Waals surface area contributed by atoms with Crippen LogP contribution in [0.1, 0.15) is 5.56 Å². The van der Waals surface area contributed by atoms with Crippen molar-refractivity contribution in [3.05, 3.63) is 29.8 Å². The lowest BCUT2D eigenvalue weighted by Gasteiger charge is -2.29. The molecule has 0 atom stereocenters. The molecule has 2 rings (SSSR count). The van der Waals surface area contributed by atoms with Crippen molar-refractivity contribution in [2.75, 3.05) is 38.2 Å². The molecule has 1 N–H and O–H groups in total. The number of anilines is 1. The second kappa shape index (κ2) is 7.24. The molecule has 0 amide bonds. The summed E-state index contributed by atoms with van der Waals surface area (Å²) >= 11 is 0. The Kier molecular flexibility index (Phi) is 5.95. The van der Waals surface area contributed by atoms with Gasteiger partial charge in [0.2, 0.25) is 0 Å². The molecule has 18 heavy (non-hydrogen) atoms. The van der Waals surface area contributed by atoms with Crippen molar-refractivity contribution in [2.24, 2.45) is 0 Å². The molecule has 0 bridgehead atoms. The van der Waals surface area contributed by atoms with Crippen molar-refractivity contribution < 1.29 is 9.53 Å². The zero-order valence-electron chi connectivity index (χ0n) is 10.5. The zero-order chi connectivity index (χ0) is 12.1. The van der Waals surface area contributed by atoms with Gasteiger partial charge in [-0.25, -0.2) is 0 Å². The Labute approximate surface area is 114 Å². The van der Waals surface area contributed by atoms with E-state index in [-0.39, 0.29) is 18.4 Å². The van der Waals surface area contributed by atoms with Gasteiger partial charge in [-0.3, -0.25) is 4.79 Å². The highest BCUT2D eigenvalue weighted by atomic mass is 35.5. The molecule has 0 unspecified atom stereocenters. The number of piperazine rings is 1. The fraction of sp³-hybridized carbons (Fsp3) is 0.462. The van der Waals surface area contributed by atoms with E-state index in [2.05, 4.69) is 27.1 Å². The lowest BCUT2D eigenvalue weighted by atomic mass is 10.1. The minimum absolute atomic E-state index is 0. The molecule has 0 spiro atoms. The van der Waals surface area contributed by atoms with E-state index < -0.39 is 0 Å². The number of hydrogen-bond donors (Lipinski definition) is 1. The minimum atomic E-state index is -0.195. The molecule has 1 fully saturated rings. The molecule has 1 aliphatic heterocycles. The van der Waals surface area contributed by atoms with Crippen LogP contribution < -0.4 is 10.2 Å². The van der Waals surface area contributed by atoms with Crippen molar-refractivity contribution in [1.82, 2.24) is 5.32 Å². The number of rotatable bonds is 3. The number of hydrogen-bond acceptors (Lipinski definition) is 4. The predicted octanol–water partition coefficient (Wildman–Crippen LogP) is 1.23. The fourth-order valence-electron chi connectivity index (χ4n) is 1.99. The molecule has 1 saturated heterocycles. The van der Waals surface area contributed by atoms with E-state index in [1.165, 1.54) is 12.8 Å². The number of esters is 1. The average molecular weight is 271 g/mol. The summed E-state index contributed by atoms with van der Waals surface area (Å²) in [5.41, 5.74) is 2.22. The van der Waals surface area contributed by atoms with Gasteiger partial charge in [-0.05, 0) is 17.7 Å². The Balaban J connectivity index is 0.00000162. The van der Waals surface area contributed by atoms with Crippen LogP contribution in [0.4, 0.5) is 5.69 Å². The Morgan fingerprint density at radius 1 is 1.28 bits per heavy atom. The number of benzene rings is 1. The molecule has 0 radical (unpaired) electrons. The molecular formula is C13H19ClN2O2. The molecule has 1 heterocycles. The van der Waals surface area contributed by atoms with Crippen LogP contribution in [-0.2, 0) is 16.0 Å². The second-order valence-electron chi connectivity index (χ2n) is 4.16. The van der Waals surface area contributed by atoms with Crippen LogP contribution in [0.5, 0.6) is 0 Å². The van der Waals surface area contributed by atoms with Crippen LogP contribution in [-0.4, -0.2) is 39.3 Å². The van der Waals surface area contributed by atoms with E-state index in [0.717, 1.165) is 31.7 Å². The Morgan fingerprint density at radius 3 is 2.44 bits per heavy atom. The number of nitrogens with one attached hydrogen (secondary N) is 1. The van der Waals surface area contributed by atoms with Crippen LogP contribution in [0, 0.1) is 0 Å². The summed E-state index contributed by atoms with van der Waals surface area (Å²) in [6, 6.07) is 8.13. The summed E-state index contributed by atoms with van der Waals surface area (Å²) < 4.78 is 4.64. The smallest absolute Gasteiger partial charge is 0.309 e. The first-order valence-electron chi connectivity index (χ1n) is 5.91. The van der Waals surface area contributed by atoms with Gasteiger partial charge in [0.1, 0.15) is 0 Å².